The van der Waals surface area contributed by atoms with Gasteiger partial charge in [0.25, 0.3) is 0 Å². The first-order valence-electron chi connectivity index (χ1n) is 6.30. The minimum absolute atomic E-state index is 0.193. The van der Waals surface area contributed by atoms with Gasteiger partial charge in [-0.3, -0.25) is 0 Å². The van der Waals surface area contributed by atoms with Crippen LogP contribution in [0.25, 0.3) is 11.4 Å². The molecule has 2 aromatic carbocycles. The number of nitrogens with one attached hydrogen (secondary N) is 1. The quantitative estimate of drug-likeness (QED) is 0.576. The fourth-order valence-corrected chi connectivity index (χ4v) is 2.08. The third-order valence-electron chi connectivity index (χ3n) is 2.87. The van der Waals surface area contributed by atoms with Crippen molar-refractivity contribution >= 4 is 18.4 Å². The van der Waals surface area contributed by atoms with E-state index in [2.05, 4.69) is 15.3 Å². The molecular formula is C15H12N4OS. The second-order valence-electron chi connectivity index (χ2n) is 4.37. The molecule has 0 atom stereocenters. The summed E-state index contributed by atoms with van der Waals surface area (Å²) in [5, 5.41) is 20.7. The molecule has 2 N–H and O–H groups in total. The van der Waals surface area contributed by atoms with Crippen molar-refractivity contribution in [3.63, 3.8) is 0 Å². The number of benzene rings is 2. The van der Waals surface area contributed by atoms with Crippen molar-refractivity contribution in [1.82, 2.24) is 14.9 Å². The molecule has 3 aromatic rings. The number of aromatic nitrogens is 3. The fourth-order valence-electron chi connectivity index (χ4n) is 1.90. The summed E-state index contributed by atoms with van der Waals surface area (Å²) in [4.78, 5) is 0. The van der Waals surface area contributed by atoms with Gasteiger partial charge >= 0.3 is 0 Å². The maximum atomic E-state index is 9.45. The number of H-pyrrole nitrogens is 1. The Hall–Kier alpha value is -2.73. The molecule has 0 aliphatic carbocycles. The van der Waals surface area contributed by atoms with Crippen molar-refractivity contribution in [2.75, 3.05) is 0 Å². The van der Waals surface area contributed by atoms with Crippen LogP contribution in [0.4, 0.5) is 0 Å². The number of rotatable bonds is 3. The summed E-state index contributed by atoms with van der Waals surface area (Å²) in [6.07, 6.45) is 1.62. The Morgan fingerprint density at radius 2 is 1.95 bits per heavy atom. The molecule has 6 heteroatoms. The number of hydrogen-bond acceptors (Lipinski definition) is 4. The first-order valence-corrected chi connectivity index (χ1v) is 6.71. The lowest BCUT2D eigenvalue weighted by Crippen LogP contribution is -1.94. The van der Waals surface area contributed by atoms with Gasteiger partial charge in [0.2, 0.25) is 4.77 Å². The number of phenols is 1. The van der Waals surface area contributed by atoms with E-state index in [1.54, 1.807) is 29.1 Å². The third kappa shape index (κ3) is 2.90. The van der Waals surface area contributed by atoms with Gasteiger partial charge < -0.3 is 5.11 Å². The highest BCUT2D eigenvalue weighted by Crippen LogP contribution is 2.16. The van der Waals surface area contributed by atoms with Crippen LogP contribution in [0.2, 0.25) is 0 Å². The van der Waals surface area contributed by atoms with E-state index in [9.17, 15) is 5.11 Å². The average molecular weight is 296 g/mol. The molecule has 5 nitrogen and oxygen atoms in total. The van der Waals surface area contributed by atoms with Crippen molar-refractivity contribution in [3.8, 4) is 17.1 Å². The summed E-state index contributed by atoms with van der Waals surface area (Å²) in [5.41, 5.74) is 1.69. The number of nitrogens with zero attached hydrogens (tertiary/aromatic N) is 3. The van der Waals surface area contributed by atoms with Crippen LogP contribution in [0.1, 0.15) is 5.56 Å². The molecule has 0 radical (unpaired) electrons. The van der Waals surface area contributed by atoms with Crippen molar-refractivity contribution in [2.24, 2.45) is 5.10 Å². The van der Waals surface area contributed by atoms with E-state index in [-0.39, 0.29) is 5.75 Å². The van der Waals surface area contributed by atoms with Gasteiger partial charge in [-0.1, -0.05) is 42.5 Å². The van der Waals surface area contributed by atoms with Gasteiger partial charge in [0.15, 0.2) is 5.82 Å². The zero-order valence-electron chi connectivity index (χ0n) is 11.0. The highest BCUT2D eigenvalue weighted by atomic mass is 32.1. The van der Waals surface area contributed by atoms with Crippen molar-refractivity contribution < 1.29 is 5.11 Å². The second kappa shape index (κ2) is 5.72. The molecule has 0 unspecified atom stereocenters. The van der Waals surface area contributed by atoms with Crippen molar-refractivity contribution in [3.05, 3.63) is 64.9 Å². The third-order valence-corrected chi connectivity index (χ3v) is 3.14. The molecule has 21 heavy (non-hydrogen) atoms. The molecule has 0 spiro atoms. The van der Waals surface area contributed by atoms with Gasteiger partial charge in [-0.05, 0) is 29.9 Å². The molecule has 0 saturated heterocycles. The first kappa shape index (κ1) is 13.3. The largest absolute Gasteiger partial charge is 0.508 e. The van der Waals surface area contributed by atoms with Gasteiger partial charge in [0.05, 0.1) is 6.21 Å². The number of aromatic amines is 1. The van der Waals surface area contributed by atoms with E-state index < -0.39 is 0 Å². The van der Waals surface area contributed by atoms with E-state index >= 15 is 0 Å². The number of hydrogen-bond donors (Lipinski definition) is 2. The minimum atomic E-state index is 0.193. The van der Waals surface area contributed by atoms with Crippen LogP contribution >= 0.6 is 12.2 Å². The topological polar surface area (TPSA) is 66.2 Å². The summed E-state index contributed by atoms with van der Waals surface area (Å²) >= 11 is 5.20. The SMILES string of the molecule is Oc1cccc(/C=N/n2c(-c3ccccc3)n[nH]c2=S)c1. The van der Waals surface area contributed by atoms with Gasteiger partial charge in [-0.15, -0.1) is 0 Å². The van der Waals surface area contributed by atoms with Crippen LogP contribution in [-0.4, -0.2) is 26.2 Å². The molecular weight excluding hydrogens is 284 g/mol. The van der Waals surface area contributed by atoms with E-state index in [0.717, 1.165) is 11.1 Å². The van der Waals surface area contributed by atoms with Crippen LogP contribution in [0.15, 0.2) is 59.7 Å². The Morgan fingerprint density at radius 1 is 1.14 bits per heavy atom. The highest BCUT2D eigenvalue weighted by Gasteiger charge is 2.06. The fraction of sp³-hybridized carbons (Fsp3) is 0. The van der Waals surface area contributed by atoms with Gasteiger partial charge in [0.1, 0.15) is 5.75 Å². The Labute approximate surface area is 126 Å². The van der Waals surface area contributed by atoms with Crippen LogP contribution < -0.4 is 0 Å². The summed E-state index contributed by atoms with van der Waals surface area (Å²) in [5.74, 6) is 0.829. The Balaban J connectivity index is 2.00. The van der Waals surface area contributed by atoms with E-state index in [1.165, 1.54) is 0 Å². The maximum Gasteiger partial charge on any atom is 0.216 e. The zero-order chi connectivity index (χ0) is 14.7. The average Bonchev–Trinajstić information content (AvgIpc) is 2.87. The Kier molecular flexibility index (Phi) is 3.61. The highest BCUT2D eigenvalue weighted by molar-refractivity contribution is 7.71. The molecule has 0 fully saturated rings. The molecule has 0 aliphatic rings. The van der Waals surface area contributed by atoms with Crippen molar-refractivity contribution in [1.29, 1.82) is 0 Å². The van der Waals surface area contributed by atoms with Gasteiger partial charge in [-0.2, -0.15) is 14.9 Å². The number of aromatic hydroxyl groups is 1. The second-order valence-corrected chi connectivity index (χ2v) is 4.76. The zero-order valence-corrected chi connectivity index (χ0v) is 11.8. The molecule has 0 amide bonds. The Morgan fingerprint density at radius 3 is 2.71 bits per heavy atom. The predicted molar refractivity (Wildman–Crippen MR) is 83.9 cm³/mol. The van der Waals surface area contributed by atoms with E-state index in [1.807, 2.05) is 36.4 Å². The van der Waals surface area contributed by atoms with E-state index in [4.69, 9.17) is 12.2 Å². The van der Waals surface area contributed by atoms with Gasteiger partial charge in [0, 0.05) is 5.56 Å². The van der Waals surface area contributed by atoms with E-state index in [0.29, 0.717) is 10.6 Å². The maximum absolute atomic E-state index is 9.45. The minimum Gasteiger partial charge on any atom is -0.508 e. The molecule has 0 bridgehead atoms. The molecule has 3 rings (SSSR count). The Bertz CT molecular complexity index is 836. The first-order chi connectivity index (χ1) is 10.2. The van der Waals surface area contributed by atoms with Crippen LogP contribution in [-0.2, 0) is 0 Å². The summed E-state index contributed by atoms with van der Waals surface area (Å²) < 4.78 is 1.96. The monoisotopic (exact) mass is 296 g/mol. The normalized spacial score (nSPS) is 11.0. The molecule has 0 aliphatic heterocycles. The summed E-state index contributed by atoms with van der Waals surface area (Å²) in [6, 6.07) is 16.5. The molecule has 104 valence electrons. The van der Waals surface area contributed by atoms with Crippen molar-refractivity contribution in [2.45, 2.75) is 0 Å². The summed E-state index contributed by atoms with van der Waals surface area (Å²) in [7, 11) is 0. The molecule has 1 aromatic heterocycles. The van der Waals surface area contributed by atoms with Gasteiger partial charge in [-0.25, -0.2) is 5.10 Å². The predicted octanol–water partition coefficient (Wildman–Crippen LogP) is 3.20. The molecule has 0 saturated carbocycles. The standard InChI is InChI=1S/C15H12N4OS/c20-13-8-4-5-11(9-13)10-16-19-14(17-18-15(19)21)12-6-2-1-3-7-12/h1-10,20H,(H,18,21)/b16-10+. The smallest absolute Gasteiger partial charge is 0.216 e. The van der Waals surface area contributed by atoms with Crippen LogP contribution in [0, 0.1) is 4.77 Å². The lowest BCUT2D eigenvalue weighted by Gasteiger charge is -2.00. The lowest BCUT2D eigenvalue weighted by atomic mass is 10.2. The van der Waals surface area contributed by atoms with Crippen LogP contribution in [0.5, 0.6) is 5.75 Å². The van der Waals surface area contributed by atoms with Crippen LogP contribution in [0.3, 0.4) is 0 Å². The summed E-state index contributed by atoms with van der Waals surface area (Å²) in [6.45, 7) is 0. The molecule has 1 heterocycles. The number of phenolic OH excluding ortho intramolecular Hbond substituents is 1. The lowest BCUT2D eigenvalue weighted by molar-refractivity contribution is 0.475.